The molecule has 0 aliphatic carbocycles. The maximum absolute atomic E-state index is 12.5. The van der Waals surface area contributed by atoms with E-state index in [-0.39, 0.29) is 10.8 Å². The lowest BCUT2D eigenvalue weighted by Crippen LogP contribution is -2.26. The van der Waals surface area contributed by atoms with Gasteiger partial charge in [-0.25, -0.2) is 8.42 Å². The SMILES string of the molecule is O=C(NCCc1nnc2n1CCCCC2)c1ccc(S(=O)(=O)Nc2ccncc2)cc1. The molecule has 9 nitrogen and oxygen atoms in total. The number of carbonyl (C=O) groups is 1. The highest BCUT2D eigenvalue weighted by Gasteiger charge is 2.16. The van der Waals surface area contributed by atoms with Gasteiger partial charge >= 0.3 is 0 Å². The van der Waals surface area contributed by atoms with E-state index in [1.807, 2.05) is 0 Å². The van der Waals surface area contributed by atoms with E-state index in [4.69, 9.17) is 0 Å². The van der Waals surface area contributed by atoms with Crippen LogP contribution >= 0.6 is 0 Å². The quantitative estimate of drug-likeness (QED) is 0.581. The van der Waals surface area contributed by atoms with Gasteiger partial charge in [0.25, 0.3) is 15.9 Å². The van der Waals surface area contributed by atoms with Gasteiger partial charge in [-0.05, 0) is 49.2 Å². The normalized spacial score (nSPS) is 13.8. The molecule has 0 saturated carbocycles. The molecule has 0 atom stereocenters. The van der Waals surface area contributed by atoms with E-state index in [0.29, 0.717) is 24.2 Å². The zero-order chi connectivity index (χ0) is 21.7. The number of anilines is 1. The Hall–Kier alpha value is -3.27. The van der Waals surface area contributed by atoms with Crippen molar-refractivity contribution >= 4 is 21.6 Å². The minimum atomic E-state index is -3.74. The Morgan fingerprint density at radius 3 is 2.55 bits per heavy atom. The van der Waals surface area contributed by atoms with Crippen LogP contribution in [0.3, 0.4) is 0 Å². The molecule has 0 radical (unpaired) electrons. The fourth-order valence-electron chi connectivity index (χ4n) is 3.54. The molecule has 2 aromatic heterocycles. The van der Waals surface area contributed by atoms with Gasteiger partial charge in [0.05, 0.1) is 10.6 Å². The molecule has 162 valence electrons. The first-order valence-corrected chi connectivity index (χ1v) is 11.7. The highest BCUT2D eigenvalue weighted by atomic mass is 32.2. The summed E-state index contributed by atoms with van der Waals surface area (Å²) >= 11 is 0. The van der Waals surface area contributed by atoms with Crippen molar-refractivity contribution in [1.29, 1.82) is 0 Å². The third kappa shape index (κ3) is 5.08. The summed E-state index contributed by atoms with van der Waals surface area (Å²) in [5.74, 6) is 1.65. The van der Waals surface area contributed by atoms with Crippen molar-refractivity contribution in [3.05, 3.63) is 66.0 Å². The van der Waals surface area contributed by atoms with Gasteiger partial charge in [-0.2, -0.15) is 0 Å². The van der Waals surface area contributed by atoms with Crippen molar-refractivity contribution in [2.45, 2.75) is 43.5 Å². The van der Waals surface area contributed by atoms with Crippen LogP contribution in [0.1, 0.15) is 41.3 Å². The largest absolute Gasteiger partial charge is 0.352 e. The molecule has 0 fully saturated rings. The number of sulfonamides is 1. The average molecular weight is 441 g/mol. The summed E-state index contributed by atoms with van der Waals surface area (Å²) < 4.78 is 29.6. The summed E-state index contributed by atoms with van der Waals surface area (Å²) in [6.45, 7) is 1.36. The fraction of sp³-hybridized carbons (Fsp3) is 0.333. The third-order valence-electron chi connectivity index (χ3n) is 5.18. The Bertz CT molecular complexity index is 1140. The van der Waals surface area contributed by atoms with Gasteiger partial charge in [0.15, 0.2) is 0 Å². The number of rotatable bonds is 7. The Kier molecular flexibility index (Phi) is 6.26. The molecular formula is C21H24N6O3S. The number of fused-ring (bicyclic) bond motifs is 1. The molecular weight excluding hydrogens is 416 g/mol. The van der Waals surface area contributed by atoms with Crippen molar-refractivity contribution in [1.82, 2.24) is 25.1 Å². The molecule has 0 unspecified atom stereocenters. The first-order chi connectivity index (χ1) is 15.0. The van der Waals surface area contributed by atoms with Gasteiger partial charge in [0.1, 0.15) is 11.6 Å². The van der Waals surface area contributed by atoms with Crippen LogP contribution in [0.2, 0.25) is 0 Å². The predicted molar refractivity (Wildman–Crippen MR) is 115 cm³/mol. The van der Waals surface area contributed by atoms with Crippen LogP contribution in [0.15, 0.2) is 53.7 Å². The Morgan fingerprint density at radius 1 is 1.00 bits per heavy atom. The van der Waals surface area contributed by atoms with Crippen LogP contribution < -0.4 is 10.0 Å². The van der Waals surface area contributed by atoms with Crippen molar-refractivity contribution in [3.8, 4) is 0 Å². The topological polar surface area (TPSA) is 119 Å². The molecule has 0 bridgehead atoms. The second-order valence-corrected chi connectivity index (χ2v) is 9.05. The molecule has 10 heteroatoms. The van der Waals surface area contributed by atoms with Crippen LogP contribution in [-0.2, 0) is 29.4 Å². The highest BCUT2D eigenvalue weighted by Crippen LogP contribution is 2.16. The van der Waals surface area contributed by atoms with Gasteiger partial charge < -0.3 is 9.88 Å². The Labute approximate surface area is 181 Å². The third-order valence-corrected chi connectivity index (χ3v) is 6.58. The van der Waals surface area contributed by atoms with Gasteiger partial charge in [-0.1, -0.05) is 6.42 Å². The van der Waals surface area contributed by atoms with E-state index in [2.05, 4.69) is 29.8 Å². The number of hydrogen-bond donors (Lipinski definition) is 2. The lowest BCUT2D eigenvalue weighted by atomic mass is 10.2. The lowest BCUT2D eigenvalue weighted by molar-refractivity contribution is 0.0953. The minimum absolute atomic E-state index is 0.0759. The molecule has 0 saturated heterocycles. The first kappa shape index (κ1) is 21.0. The number of hydrogen-bond acceptors (Lipinski definition) is 6. The van der Waals surface area contributed by atoms with Gasteiger partial charge in [-0.15, -0.1) is 10.2 Å². The Balaban J connectivity index is 1.34. The maximum Gasteiger partial charge on any atom is 0.261 e. The molecule has 3 heterocycles. The number of amides is 1. The monoisotopic (exact) mass is 440 g/mol. The van der Waals surface area contributed by atoms with Gasteiger partial charge in [0, 0.05) is 43.9 Å². The van der Waals surface area contributed by atoms with Crippen molar-refractivity contribution in [3.63, 3.8) is 0 Å². The smallest absolute Gasteiger partial charge is 0.261 e. The van der Waals surface area contributed by atoms with Gasteiger partial charge in [-0.3, -0.25) is 14.5 Å². The second-order valence-electron chi connectivity index (χ2n) is 7.37. The summed E-state index contributed by atoms with van der Waals surface area (Å²) in [6.07, 6.45) is 8.01. The van der Waals surface area contributed by atoms with Crippen LogP contribution in [0.4, 0.5) is 5.69 Å². The molecule has 1 amide bonds. The van der Waals surface area contributed by atoms with Crippen LogP contribution in [-0.4, -0.2) is 40.6 Å². The lowest BCUT2D eigenvalue weighted by Gasteiger charge is -2.09. The van der Waals surface area contributed by atoms with E-state index in [1.165, 1.54) is 43.1 Å². The van der Waals surface area contributed by atoms with E-state index < -0.39 is 10.0 Å². The molecule has 3 aromatic rings. The van der Waals surface area contributed by atoms with Crippen molar-refractivity contribution in [2.24, 2.45) is 0 Å². The van der Waals surface area contributed by atoms with Crippen LogP contribution in [0, 0.1) is 0 Å². The number of pyridine rings is 1. The van der Waals surface area contributed by atoms with Crippen molar-refractivity contribution < 1.29 is 13.2 Å². The zero-order valence-electron chi connectivity index (χ0n) is 17.0. The molecule has 0 spiro atoms. The summed E-state index contributed by atoms with van der Waals surface area (Å²) in [7, 11) is -3.74. The summed E-state index contributed by atoms with van der Waals surface area (Å²) in [4.78, 5) is 16.4. The first-order valence-electron chi connectivity index (χ1n) is 10.2. The summed E-state index contributed by atoms with van der Waals surface area (Å²) in [5, 5.41) is 11.4. The summed E-state index contributed by atoms with van der Waals surface area (Å²) in [6, 6.07) is 8.95. The van der Waals surface area contributed by atoms with Crippen LogP contribution in [0.25, 0.3) is 0 Å². The molecule has 31 heavy (non-hydrogen) atoms. The van der Waals surface area contributed by atoms with E-state index >= 15 is 0 Å². The zero-order valence-corrected chi connectivity index (χ0v) is 17.8. The number of aromatic nitrogens is 4. The molecule has 4 rings (SSSR count). The second kappa shape index (κ2) is 9.25. The van der Waals surface area contributed by atoms with E-state index in [1.54, 1.807) is 12.1 Å². The van der Waals surface area contributed by atoms with Crippen LogP contribution in [0.5, 0.6) is 0 Å². The average Bonchev–Trinajstić information content (AvgIpc) is 3.00. The number of aryl methyl sites for hydroxylation is 1. The maximum atomic E-state index is 12.5. The Morgan fingerprint density at radius 2 is 1.77 bits per heavy atom. The van der Waals surface area contributed by atoms with E-state index in [0.717, 1.165) is 37.5 Å². The van der Waals surface area contributed by atoms with Gasteiger partial charge in [0.2, 0.25) is 0 Å². The number of nitrogens with one attached hydrogen (secondary N) is 2. The number of carbonyl (C=O) groups excluding carboxylic acids is 1. The standard InChI is InChI=1S/C21H24N6O3S/c28-21(23-14-11-20-25-24-19-4-2-1-3-15-27(19)20)16-5-7-18(8-6-16)31(29,30)26-17-9-12-22-13-10-17/h5-10,12-13H,1-4,11,14-15H2,(H,22,26)(H,23,28). The van der Waals surface area contributed by atoms with Crippen molar-refractivity contribution in [2.75, 3.05) is 11.3 Å². The highest BCUT2D eigenvalue weighted by molar-refractivity contribution is 7.92. The number of nitrogens with zero attached hydrogens (tertiary/aromatic N) is 4. The molecule has 1 aliphatic rings. The molecule has 1 aromatic carbocycles. The number of benzene rings is 1. The predicted octanol–water partition coefficient (Wildman–Crippen LogP) is 2.17. The molecule has 1 aliphatic heterocycles. The van der Waals surface area contributed by atoms with E-state index in [9.17, 15) is 13.2 Å². The minimum Gasteiger partial charge on any atom is -0.352 e. The summed E-state index contributed by atoms with van der Waals surface area (Å²) in [5.41, 5.74) is 0.811. The fourth-order valence-corrected chi connectivity index (χ4v) is 4.60. The molecule has 2 N–H and O–H groups in total.